The van der Waals surface area contributed by atoms with Crippen molar-refractivity contribution in [3.8, 4) is 5.75 Å². The molecule has 0 radical (unpaired) electrons. The number of benzene rings is 1. The van der Waals surface area contributed by atoms with Gasteiger partial charge in [0.2, 0.25) is 5.91 Å². The predicted octanol–water partition coefficient (Wildman–Crippen LogP) is 1.68. The Morgan fingerprint density at radius 3 is 2.47 bits per heavy atom. The minimum absolute atomic E-state index is 0. The normalized spacial score (nSPS) is 14.2. The molecule has 2 rings (SSSR count). The van der Waals surface area contributed by atoms with E-state index >= 15 is 0 Å². The fourth-order valence-corrected chi connectivity index (χ4v) is 1.98. The van der Waals surface area contributed by atoms with Crippen LogP contribution in [0.4, 0.5) is 0 Å². The van der Waals surface area contributed by atoms with E-state index in [0.29, 0.717) is 13.2 Å². The van der Waals surface area contributed by atoms with Gasteiger partial charge in [-0.2, -0.15) is 0 Å². The van der Waals surface area contributed by atoms with Gasteiger partial charge in [0.1, 0.15) is 5.75 Å². The van der Waals surface area contributed by atoms with Crippen LogP contribution in [-0.4, -0.2) is 37.6 Å². The summed E-state index contributed by atoms with van der Waals surface area (Å²) in [5.74, 6) is 1.26. The van der Waals surface area contributed by atoms with Crippen molar-refractivity contribution < 1.29 is 9.53 Å². The summed E-state index contributed by atoms with van der Waals surface area (Å²) in [7, 11) is 1.86. The Morgan fingerprint density at radius 2 is 2.00 bits per heavy atom. The maximum atomic E-state index is 12.0. The van der Waals surface area contributed by atoms with Gasteiger partial charge in [-0.1, -0.05) is 12.1 Å². The number of halogens is 1. The second-order valence-electron chi connectivity index (χ2n) is 4.63. The quantitative estimate of drug-likeness (QED) is 0.895. The molecule has 1 amide bonds. The first-order chi connectivity index (χ1) is 8.70. The molecule has 0 atom stereocenters. The molecule has 1 saturated heterocycles. The molecule has 1 fully saturated rings. The summed E-state index contributed by atoms with van der Waals surface area (Å²) in [6.45, 7) is 4.92. The largest absolute Gasteiger partial charge is 0.494 e. The van der Waals surface area contributed by atoms with Crippen LogP contribution in [0.2, 0.25) is 0 Å². The maximum Gasteiger partial charge on any atom is 0.228 e. The molecule has 106 valence electrons. The fraction of sp³-hybridized carbons (Fsp3) is 0.500. The van der Waals surface area contributed by atoms with E-state index in [1.54, 1.807) is 4.90 Å². The molecule has 1 aliphatic heterocycles. The molecular weight excluding hydrogens is 264 g/mol. The third-order valence-corrected chi connectivity index (χ3v) is 3.16. The molecule has 1 heterocycles. The first-order valence-corrected chi connectivity index (χ1v) is 6.38. The fourth-order valence-electron chi connectivity index (χ4n) is 1.98. The van der Waals surface area contributed by atoms with Crippen LogP contribution in [0.15, 0.2) is 24.3 Å². The number of nitrogens with zero attached hydrogens (tertiary/aromatic N) is 1. The van der Waals surface area contributed by atoms with Gasteiger partial charge < -0.3 is 15.0 Å². The topological polar surface area (TPSA) is 41.6 Å². The van der Waals surface area contributed by atoms with Crippen LogP contribution in [0.3, 0.4) is 0 Å². The number of ether oxygens (including phenoxy) is 1. The highest BCUT2D eigenvalue weighted by Crippen LogP contribution is 2.15. The monoisotopic (exact) mass is 284 g/mol. The standard InChI is InChI=1S/C14H20N2O2.ClH/c1-3-18-13-6-4-11(5-7-13)10-16(2)14(17)12-8-15-9-12;/h4-7,12,15H,3,8-10H2,1-2H3;1H. The van der Waals surface area contributed by atoms with E-state index in [-0.39, 0.29) is 24.2 Å². The summed E-state index contributed by atoms with van der Waals surface area (Å²) in [6, 6.07) is 7.91. The van der Waals surface area contributed by atoms with Gasteiger partial charge in [0, 0.05) is 26.7 Å². The SMILES string of the molecule is CCOc1ccc(CN(C)C(=O)C2CNC2)cc1.Cl. The van der Waals surface area contributed by atoms with Crippen molar-refractivity contribution in [2.45, 2.75) is 13.5 Å². The summed E-state index contributed by atoms with van der Waals surface area (Å²) in [5, 5.41) is 3.12. The van der Waals surface area contributed by atoms with Crippen molar-refractivity contribution in [1.82, 2.24) is 10.2 Å². The van der Waals surface area contributed by atoms with Crippen molar-refractivity contribution in [1.29, 1.82) is 0 Å². The number of amides is 1. The second-order valence-corrected chi connectivity index (χ2v) is 4.63. The van der Waals surface area contributed by atoms with E-state index in [4.69, 9.17) is 4.74 Å². The average Bonchev–Trinajstić information content (AvgIpc) is 2.29. The van der Waals surface area contributed by atoms with E-state index in [1.807, 2.05) is 38.2 Å². The Bertz CT molecular complexity index is 404. The lowest BCUT2D eigenvalue weighted by atomic mass is 10.0. The van der Waals surface area contributed by atoms with Crippen molar-refractivity contribution in [3.05, 3.63) is 29.8 Å². The average molecular weight is 285 g/mol. The molecule has 5 heteroatoms. The number of hydrogen-bond donors (Lipinski definition) is 1. The van der Waals surface area contributed by atoms with E-state index in [0.717, 1.165) is 24.4 Å². The first-order valence-electron chi connectivity index (χ1n) is 6.38. The second kappa shape index (κ2) is 7.36. The summed E-state index contributed by atoms with van der Waals surface area (Å²) in [6.07, 6.45) is 0. The van der Waals surface area contributed by atoms with Crippen LogP contribution in [0.25, 0.3) is 0 Å². The molecule has 0 unspecified atom stereocenters. The minimum Gasteiger partial charge on any atom is -0.494 e. The van der Waals surface area contributed by atoms with Crippen molar-refractivity contribution in [2.75, 3.05) is 26.7 Å². The van der Waals surface area contributed by atoms with Crippen LogP contribution >= 0.6 is 12.4 Å². The zero-order valence-corrected chi connectivity index (χ0v) is 12.2. The zero-order chi connectivity index (χ0) is 13.0. The molecule has 0 aliphatic carbocycles. The Balaban J connectivity index is 0.00000180. The highest BCUT2D eigenvalue weighted by molar-refractivity contribution is 5.85. The molecule has 1 aromatic carbocycles. The summed E-state index contributed by atoms with van der Waals surface area (Å²) in [5.41, 5.74) is 1.13. The Morgan fingerprint density at radius 1 is 1.37 bits per heavy atom. The van der Waals surface area contributed by atoms with Gasteiger partial charge in [0.25, 0.3) is 0 Å². The van der Waals surface area contributed by atoms with Crippen LogP contribution in [0, 0.1) is 5.92 Å². The van der Waals surface area contributed by atoms with Crippen LogP contribution < -0.4 is 10.1 Å². The number of carbonyl (C=O) groups is 1. The highest BCUT2D eigenvalue weighted by Gasteiger charge is 2.27. The van der Waals surface area contributed by atoms with Gasteiger partial charge in [0.15, 0.2) is 0 Å². The summed E-state index contributed by atoms with van der Waals surface area (Å²) in [4.78, 5) is 13.8. The molecule has 0 aromatic heterocycles. The van der Waals surface area contributed by atoms with E-state index in [1.165, 1.54) is 0 Å². The maximum absolute atomic E-state index is 12.0. The molecule has 0 spiro atoms. The first kappa shape index (κ1) is 15.8. The predicted molar refractivity (Wildman–Crippen MR) is 77.7 cm³/mol. The third-order valence-electron chi connectivity index (χ3n) is 3.16. The Hall–Kier alpha value is -1.26. The van der Waals surface area contributed by atoms with Gasteiger partial charge >= 0.3 is 0 Å². The zero-order valence-electron chi connectivity index (χ0n) is 11.4. The van der Waals surface area contributed by atoms with Crippen LogP contribution in [-0.2, 0) is 11.3 Å². The van der Waals surface area contributed by atoms with Crippen LogP contribution in [0.5, 0.6) is 5.75 Å². The summed E-state index contributed by atoms with van der Waals surface area (Å²) >= 11 is 0. The van der Waals surface area contributed by atoms with Gasteiger partial charge in [-0.25, -0.2) is 0 Å². The Labute approximate surface area is 120 Å². The van der Waals surface area contributed by atoms with Crippen molar-refractivity contribution in [3.63, 3.8) is 0 Å². The summed E-state index contributed by atoms with van der Waals surface area (Å²) < 4.78 is 5.39. The van der Waals surface area contributed by atoms with E-state index in [2.05, 4.69) is 5.32 Å². The number of carbonyl (C=O) groups excluding carboxylic acids is 1. The molecule has 1 aliphatic rings. The van der Waals surface area contributed by atoms with E-state index in [9.17, 15) is 4.79 Å². The smallest absolute Gasteiger partial charge is 0.228 e. The molecule has 19 heavy (non-hydrogen) atoms. The van der Waals surface area contributed by atoms with Crippen molar-refractivity contribution >= 4 is 18.3 Å². The van der Waals surface area contributed by atoms with Gasteiger partial charge in [-0.05, 0) is 24.6 Å². The van der Waals surface area contributed by atoms with Gasteiger partial charge in [0.05, 0.1) is 12.5 Å². The molecule has 4 nitrogen and oxygen atoms in total. The molecule has 1 N–H and O–H groups in total. The lowest BCUT2D eigenvalue weighted by Crippen LogP contribution is -2.50. The minimum atomic E-state index is 0. The lowest BCUT2D eigenvalue weighted by molar-refractivity contribution is -0.136. The number of hydrogen-bond acceptors (Lipinski definition) is 3. The number of rotatable bonds is 5. The van der Waals surface area contributed by atoms with Gasteiger partial charge in [-0.3, -0.25) is 4.79 Å². The molecule has 0 saturated carbocycles. The van der Waals surface area contributed by atoms with Crippen molar-refractivity contribution in [2.24, 2.45) is 5.92 Å². The molecule has 1 aromatic rings. The van der Waals surface area contributed by atoms with Crippen LogP contribution in [0.1, 0.15) is 12.5 Å². The Kier molecular flexibility index (Phi) is 6.12. The molecular formula is C14H21ClN2O2. The lowest BCUT2D eigenvalue weighted by Gasteiger charge is -2.30. The highest BCUT2D eigenvalue weighted by atomic mass is 35.5. The van der Waals surface area contributed by atoms with E-state index < -0.39 is 0 Å². The molecule has 0 bridgehead atoms. The third kappa shape index (κ3) is 4.11. The van der Waals surface area contributed by atoms with Gasteiger partial charge in [-0.15, -0.1) is 12.4 Å². The number of nitrogens with one attached hydrogen (secondary N) is 1.